The highest BCUT2D eigenvalue weighted by Gasteiger charge is 2.19. The minimum atomic E-state index is 0.586. The van der Waals surface area contributed by atoms with Gasteiger partial charge in [-0.2, -0.15) is 0 Å². The van der Waals surface area contributed by atoms with E-state index in [1.807, 2.05) is 0 Å². The number of nitrogens with zero attached hydrogens (tertiary/aromatic N) is 1. The van der Waals surface area contributed by atoms with E-state index in [1.165, 1.54) is 48.1 Å². The van der Waals surface area contributed by atoms with Crippen molar-refractivity contribution >= 4 is 0 Å². The molecule has 0 spiro atoms. The SMILES string of the molecule is Cc1cccc(C)c1C/C=C/[C@H]1CCCCN1Cc1ccccc1. The number of benzene rings is 2. The van der Waals surface area contributed by atoms with Gasteiger partial charge in [0.2, 0.25) is 0 Å². The zero-order chi connectivity index (χ0) is 16.8. The average Bonchev–Trinajstić information content (AvgIpc) is 2.60. The lowest BCUT2D eigenvalue weighted by Gasteiger charge is -2.34. The van der Waals surface area contributed by atoms with E-state index in [-0.39, 0.29) is 0 Å². The van der Waals surface area contributed by atoms with Crippen LogP contribution in [-0.4, -0.2) is 17.5 Å². The van der Waals surface area contributed by atoms with Crippen molar-refractivity contribution in [2.24, 2.45) is 0 Å². The molecule has 126 valence electrons. The van der Waals surface area contributed by atoms with Gasteiger partial charge in [-0.25, -0.2) is 0 Å². The predicted molar refractivity (Wildman–Crippen MR) is 103 cm³/mol. The Morgan fingerprint density at radius 2 is 1.71 bits per heavy atom. The summed E-state index contributed by atoms with van der Waals surface area (Å²) < 4.78 is 0. The maximum atomic E-state index is 2.64. The lowest BCUT2D eigenvalue weighted by molar-refractivity contribution is 0.171. The second kappa shape index (κ2) is 8.30. The standard InChI is InChI=1S/C23H29N/c1-19-10-8-11-20(2)23(19)16-9-15-22-14-6-7-17-24(22)18-21-12-4-3-5-13-21/h3-5,8-13,15,22H,6-7,14,16-18H2,1-2H3/b15-9+/t22-/m1/s1. The van der Waals surface area contributed by atoms with E-state index in [0.717, 1.165) is 13.0 Å². The van der Waals surface area contributed by atoms with Gasteiger partial charge in [0.25, 0.3) is 0 Å². The normalized spacial score (nSPS) is 19.0. The Hall–Kier alpha value is -1.86. The fourth-order valence-corrected chi connectivity index (χ4v) is 3.76. The summed E-state index contributed by atoms with van der Waals surface area (Å²) in [5.74, 6) is 0. The number of likely N-dealkylation sites (tertiary alicyclic amines) is 1. The second-order valence-electron chi connectivity index (χ2n) is 7.02. The van der Waals surface area contributed by atoms with Crippen LogP contribution < -0.4 is 0 Å². The molecule has 1 aliphatic rings. The Balaban J connectivity index is 1.65. The number of hydrogen-bond donors (Lipinski definition) is 0. The zero-order valence-electron chi connectivity index (χ0n) is 15.0. The highest BCUT2D eigenvalue weighted by atomic mass is 15.2. The minimum absolute atomic E-state index is 0.586. The molecule has 0 unspecified atom stereocenters. The van der Waals surface area contributed by atoms with E-state index in [9.17, 15) is 0 Å². The first-order valence-corrected chi connectivity index (χ1v) is 9.24. The van der Waals surface area contributed by atoms with Gasteiger partial charge in [0.15, 0.2) is 0 Å². The van der Waals surface area contributed by atoms with Crippen LogP contribution in [0.5, 0.6) is 0 Å². The van der Waals surface area contributed by atoms with Crippen LogP contribution in [0.3, 0.4) is 0 Å². The molecule has 2 aromatic carbocycles. The smallest absolute Gasteiger partial charge is 0.0281 e. The van der Waals surface area contributed by atoms with E-state index >= 15 is 0 Å². The topological polar surface area (TPSA) is 3.24 Å². The van der Waals surface area contributed by atoms with Crippen molar-refractivity contribution in [3.8, 4) is 0 Å². The molecule has 1 saturated heterocycles. The van der Waals surface area contributed by atoms with Gasteiger partial charge in [0.1, 0.15) is 0 Å². The van der Waals surface area contributed by atoms with Crippen LogP contribution in [0.1, 0.15) is 41.5 Å². The van der Waals surface area contributed by atoms with Gasteiger partial charge in [-0.3, -0.25) is 4.90 Å². The fourth-order valence-electron chi connectivity index (χ4n) is 3.76. The van der Waals surface area contributed by atoms with Gasteiger partial charge in [-0.05, 0) is 61.9 Å². The van der Waals surface area contributed by atoms with E-state index < -0.39 is 0 Å². The number of rotatable bonds is 5. The zero-order valence-corrected chi connectivity index (χ0v) is 15.0. The summed E-state index contributed by atoms with van der Waals surface area (Å²) in [6.45, 7) is 6.73. The van der Waals surface area contributed by atoms with Gasteiger partial charge < -0.3 is 0 Å². The summed E-state index contributed by atoms with van der Waals surface area (Å²) in [6.07, 6.45) is 9.86. The molecule has 1 heterocycles. The van der Waals surface area contributed by atoms with Crippen LogP contribution in [0, 0.1) is 13.8 Å². The van der Waals surface area contributed by atoms with E-state index in [4.69, 9.17) is 0 Å². The molecule has 0 radical (unpaired) electrons. The van der Waals surface area contributed by atoms with Crippen molar-refractivity contribution < 1.29 is 0 Å². The Morgan fingerprint density at radius 3 is 2.46 bits per heavy atom. The molecule has 1 nitrogen and oxygen atoms in total. The van der Waals surface area contributed by atoms with Crippen molar-refractivity contribution in [1.82, 2.24) is 4.90 Å². The van der Waals surface area contributed by atoms with Gasteiger partial charge in [0.05, 0.1) is 0 Å². The van der Waals surface area contributed by atoms with Gasteiger partial charge in [-0.1, -0.05) is 67.1 Å². The largest absolute Gasteiger partial charge is 0.293 e. The molecule has 1 aliphatic heterocycles. The molecule has 1 fully saturated rings. The van der Waals surface area contributed by atoms with E-state index in [1.54, 1.807) is 0 Å². The first-order valence-electron chi connectivity index (χ1n) is 9.24. The van der Waals surface area contributed by atoms with Crippen LogP contribution in [0.15, 0.2) is 60.7 Å². The minimum Gasteiger partial charge on any atom is -0.293 e. The first-order chi connectivity index (χ1) is 11.7. The van der Waals surface area contributed by atoms with Crippen LogP contribution in [0.25, 0.3) is 0 Å². The van der Waals surface area contributed by atoms with Gasteiger partial charge >= 0.3 is 0 Å². The fraction of sp³-hybridized carbons (Fsp3) is 0.391. The summed E-state index contributed by atoms with van der Waals surface area (Å²) in [7, 11) is 0. The van der Waals surface area contributed by atoms with Crippen LogP contribution in [0.4, 0.5) is 0 Å². The quantitative estimate of drug-likeness (QED) is 0.662. The molecule has 0 N–H and O–H groups in total. The predicted octanol–water partition coefficient (Wildman–Crippen LogP) is 5.46. The average molecular weight is 319 g/mol. The van der Waals surface area contributed by atoms with E-state index in [2.05, 4.69) is 79.4 Å². The Bertz CT molecular complexity index is 651. The van der Waals surface area contributed by atoms with Crippen LogP contribution in [-0.2, 0) is 13.0 Å². The van der Waals surface area contributed by atoms with Crippen molar-refractivity contribution in [3.05, 3.63) is 82.9 Å². The molecule has 0 bridgehead atoms. The van der Waals surface area contributed by atoms with Crippen LogP contribution in [0.2, 0.25) is 0 Å². The number of piperidine rings is 1. The summed E-state index contributed by atoms with van der Waals surface area (Å²) in [6, 6.07) is 18.1. The molecule has 1 atom stereocenters. The van der Waals surface area contributed by atoms with Crippen molar-refractivity contribution in [2.45, 2.75) is 52.1 Å². The number of hydrogen-bond acceptors (Lipinski definition) is 1. The molecule has 24 heavy (non-hydrogen) atoms. The molecule has 0 aromatic heterocycles. The monoisotopic (exact) mass is 319 g/mol. The van der Waals surface area contributed by atoms with Gasteiger partial charge in [-0.15, -0.1) is 0 Å². The number of allylic oxidation sites excluding steroid dienone is 1. The van der Waals surface area contributed by atoms with Gasteiger partial charge in [0, 0.05) is 12.6 Å². The van der Waals surface area contributed by atoms with Crippen molar-refractivity contribution in [1.29, 1.82) is 0 Å². The molecule has 0 aliphatic carbocycles. The summed E-state index contributed by atoms with van der Waals surface area (Å²) >= 11 is 0. The highest BCUT2D eigenvalue weighted by molar-refractivity contribution is 5.35. The number of aryl methyl sites for hydroxylation is 2. The third kappa shape index (κ3) is 4.36. The summed E-state index contributed by atoms with van der Waals surface area (Å²) in [4.78, 5) is 2.64. The molecule has 3 rings (SSSR count). The first kappa shape index (κ1) is 17.0. The molecular formula is C23H29N. The summed E-state index contributed by atoms with van der Waals surface area (Å²) in [5.41, 5.74) is 5.72. The Labute approximate surface area is 147 Å². The maximum absolute atomic E-state index is 2.64. The highest BCUT2D eigenvalue weighted by Crippen LogP contribution is 2.21. The molecular weight excluding hydrogens is 290 g/mol. The summed E-state index contributed by atoms with van der Waals surface area (Å²) in [5, 5.41) is 0. The van der Waals surface area contributed by atoms with Crippen molar-refractivity contribution in [3.63, 3.8) is 0 Å². The Kier molecular flexibility index (Phi) is 5.87. The maximum Gasteiger partial charge on any atom is 0.0281 e. The van der Waals surface area contributed by atoms with Crippen LogP contribution >= 0.6 is 0 Å². The molecule has 0 saturated carbocycles. The lowest BCUT2D eigenvalue weighted by atomic mass is 9.97. The molecule has 2 aromatic rings. The molecule has 1 heteroatoms. The Morgan fingerprint density at radius 1 is 0.958 bits per heavy atom. The molecule has 0 amide bonds. The third-order valence-electron chi connectivity index (χ3n) is 5.22. The second-order valence-corrected chi connectivity index (χ2v) is 7.02. The lowest BCUT2D eigenvalue weighted by Crippen LogP contribution is -2.37. The third-order valence-corrected chi connectivity index (χ3v) is 5.22. The van der Waals surface area contributed by atoms with E-state index in [0.29, 0.717) is 6.04 Å². The van der Waals surface area contributed by atoms with Crippen molar-refractivity contribution in [2.75, 3.05) is 6.54 Å².